The molecule has 0 aliphatic rings. The van der Waals surface area contributed by atoms with Gasteiger partial charge in [-0.15, -0.1) is 0 Å². The van der Waals surface area contributed by atoms with Crippen LogP contribution in [0.1, 0.15) is 23.4 Å². The monoisotopic (exact) mass is 458 g/mol. The Labute approximate surface area is 176 Å². The highest BCUT2D eigenvalue weighted by molar-refractivity contribution is 5.91. The fourth-order valence-corrected chi connectivity index (χ4v) is 2.96. The highest BCUT2D eigenvalue weighted by Crippen LogP contribution is 2.26. The van der Waals surface area contributed by atoms with Crippen molar-refractivity contribution in [3.63, 3.8) is 0 Å². The number of carbonyl (C=O) groups excluding carboxylic acids is 1. The van der Waals surface area contributed by atoms with Gasteiger partial charge in [-0.2, -0.15) is 10.2 Å². The van der Waals surface area contributed by atoms with E-state index in [1.54, 1.807) is 0 Å². The maximum Gasteiger partial charge on any atom is 0.306 e. The van der Waals surface area contributed by atoms with Crippen LogP contribution in [0.4, 0.5) is 33.3 Å². The average molecular weight is 458 g/mol. The van der Waals surface area contributed by atoms with Gasteiger partial charge < -0.3 is 5.32 Å². The summed E-state index contributed by atoms with van der Waals surface area (Å²) in [7, 11) is 0. The van der Waals surface area contributed by atoms with E-state index in [9.17, 15) is 36.9 Å². The van der Waals surface area contributed by atoms with E-state index in [-0.39, 0.29) is 35.7 Å². The van der Waals surface area contributed by atoms with Crippen LogP contribution in [-0.2, 0) is 17.9 Å². The number of nitro groups is 1. The van der Waals surface area contributed by atoms with E-state index < -0.39 is 52.0 Å². The van der Waals surface area contributed by atoms with Gasteiger partial charge in [0.1, 0.15) is 12.4 Å². The standard InChI is InChI=1S/C18H15F5N6O3/c1-8-18(25-12(30)3-4-27-6-10(5-24-27)29(31)32)9(2)28(26-8)7-11-13(19)15(21)17(23)16(22)14(11)20/h5-6H,3-4,7H2,1-2H3,(H,25,30). The second kappa shape index (κ2) is 8.72. The lowest BCUT2D eigenvalue weighted by molar-refractivity contribution is -0.385. The zero-order valence-electron chi connectivity index (χ0n) is 16.6. The Morgan fingerprint density at radius 3 is 2.25 bits per heavy atom. The number of aryl methyl sites for hydroxylation is 2. The van der Waals surface area contributed by atoms with E-state index in [2.05, 4.69) is 15.5 Å². The number of nitrogens with one attached hydrogen (secondary N) is 1. The minimum absolute atomic E-state index is 0.0382. The molecule has 1 amide bonds. The number of hydrogen-bond donors (Lipinski definition) is 1. The Morgan fingerprint density at radius 1 is 1.09 bits per heavy atom. The molecule has 3 aromatic rings. The van der Waals surface area contributed by atoms with Crippen molar-refractivity contribution < 1.29 is 31.7 Å². The van der Waals surface area contributed by atoms with Crippen molar-refractivity contribution in [3.05, 3.63) is 68.5 Å². The predicted octanol–water partition coefficient (Wildman–Crippen LogP) is 3.38. The molecule has 9 nitrogen and oxygen atoms in total. The van der Waals surface area contributed by atoms with E-state index in [1.807, 2.05) is 0 Å². The predicted molar refractivity (Wildman–Crippen MR) is 99.2 cm³/mol. The molecular weight excluding hydrogens is 443 g/mol. The van der Waals surface area contributed by atoms with Crippen LogP contribution in [0.2, 0.25) is 0 Å². The topological polar surface area (TPSA) is 108 Å². The fraction of sp³-hybridized carbons (Fsp3) is 0.278. The SMILES string of the molecule is Cc1nn(Cc2c(F)c(F)c(F)c(F)c2F)c(C)c1NC(=O)CCn1cc([N+](=O)[O-])cn1. The summed E-state index contributed by atoms with van der Waals surface area (Å²) in [4.78, 5) is 22.3. The van der Waals surface area contributed by atoms with Crippen LogP contribution in [0.3, 0.4) is 0 Å². The number of benzene rings is 1. The largest absolute Gasteiger partial charge is 0.323 e. The number of amides is 1. The Kier molecular flexibility index (Phi) is 6.23. The lowest BCUT2D eigenvalue weighted by Crippen LogP contribution is -2.16. The molecule has 0 fully saturated rings. The van der Waals surface area contributed by atoms with E-state index in [0.29, 0.717) is 0 Å². The van der Waals surface area contributed by atoms with Gasteiger partial charge in [0.15, 0.2) is 23.3 Å². The Balaban J connectivity index is 1.75. The molecule has 32 heavy (non-hydrogen) atoms. The molecule has 0 aliphatic heterocycles. The molecule has 0 aliphatic carbocycles. The van der Waals surface area contributed by atoms with Crippen molar-refractivity contribution in [1.29, 1.82) is 0 Å². The summed E-state index contributed by atoms with van der Waals surface area (Å²) in [6, 6.07) is 0. The summed E-state index contributed by atoms with van der Waals surface area (Å²) in [5.41, 5.74) is -0.633. The first-order chi connectivity index (χ1) is 15.0. The molecule has 0 saturated carbocycles. The first kappa shape index (κ1) is 22.8. The third-order valence-electron chi connectivity index (χ3n) is 4.65. The van der Waals surface area contributed by atoms with Gasteiger partial charge >= 0.3 is 5.69 Å². The molecule has 1 N–H and O–H groups in total. The zero-order valence-corrected chi connectivity index (χ0v) is 16.6. The summed E-state index contributed by atoms with van der Waals surface area (Å²) in [6.07, 6.45) is 2.09. The molecule has 0 atom stereocenters. The minimum atomic E-state index is -2.26. The number of nitrogens with zero attached hydrogens (tertiary/aromatic N) is 5. The number of anilines is 1. The number of hydrogen-bond acceptors (Lipinski definition) is 5. The van der Waals surface area contributed by atoms with E-state index in [4.69, 9.17) is 0 Å². The molecule has 2 heterocycles. The van der Waals surface area contributed by atoms with Crippen LogP contribution >= 0.6 is 0 Å². The van der Waals surface area contributed by atoms with Crippen molar-refractivity contribution >= 4 is 17.3 Å². The molecule has 14 heteroatoms. The molecular formula is C18H15F5N6O3. The summed E-state index contributed by atoms with van der Waals surface area (Å²) in [6.45, 7) is 2.20. The molecule has 0 bridgehead atoms. The number of carbonyl (C=O) groups is 1. The van der Waals surface area contributed by atoms with Crippen molar-refractivity contribution in [2.24, 2.45) is 0 Å². The first-order valence-electron chi connectivity index (χ1n) is 9.02. The first-order valence-corrected chi connectivity index (χ1v) is 9.02. The number of aromatic nitrogens is 4. The quantitative estimate of drug-likeness (QED) is 0.192. The van der Waals surface area contributed by atoms with Gasteiger partial charge in [-0.05, 0) is 13.8 Å². The Morgan fingerprint density at radius 2 is 1.69 bits per heavy atom. The van der Waals surface area contributed by atoms with Crippen LogP contribution in [0.5, 0.6) is 0 Å². The molecule has 0 saturated heterocycles. The number of rotatable bonds is 7. The fourth-order valence-electron chi connectivity index (χ4n) is 2.96. The van der Waals surface area contributed by atoms with Gasteiger partial charge in [-0.25, -0.2) is 22.0 Å². The van der Waals surface area contributed by atoms with Crippen LogP contribution in [0.25, 0.3) is 0 Å². The average Bonchev–Trinajstić information content (AvgIpc) is 3.33. The van der Waals surface area contributed by atoms with E-state index in [0.717, 1.165) is 17.1 Å². The Hall–Kier alpha value is -3.84. The van der Waals surface area contributed by atoms with Crippen molar-refractivity contribution in [3.8, 4) is 0 Å². The summed E-state index contributed by atoms with van der Waals surface area (Å²) < 4.78 is 70.3. The molecule has 0 unspecified atom stereocenters. The third-order valence-corrected chi connectivity index (χ3v) is 4.65. The smallest absolute Gasteiger partial charge is 0.306 e. The van der Waals surface area contributed by atoms with Crippen LogP contribution in [0.15, 0.2) is 12.4 Å². The van der Waals surface area contributed by atoms with Gasteiger partial charge in [0.25, 0.3) is 0 Å². The van der Waals surface area contributed by atoms with Crippen molar-refractivity contribution in [2.75, 3.05) is 5.32 Å². The highest BCUT2D eigenvalue weighted by atomic mass is 19.2. The van der Waals surface area contributed by atoms with Gasteiger partial charge in [-0.1, -0.05) is 0 Å². The van der Waals surface area contributed by atoms with Crippen molar-refractivity contribution in [1.82, 2.24) is 19.6 Å². The second-order valence-electron chi connectivity index (χ2n) is 6.77. The molecule has 2 aromatic heterocycles. The van der Waals surface area contributed by atoms with E-state index >= 15 is 0 Å². The van der Waals surface area contributed by atoms with Crippen LogP contribution in [-0.4, -0.2) is 30.4 Å². The Bertz CT molecular complexity index is 1190. The normalized spacial score (nSPS) is 11.1. The number of halogens is 5. The summed E-state index contributed by atoms with van der Waals surface area (Å²) in [5, 5.41) is 21.0. The van der Waals surface area contributed by atoms with Crippen molar-refractivity contribution in [2.45, 2.75) is 33.4 Å². The summed E-state index contributed by atoms with van der Waals surface area (Å²) in [5.74, 6) is -10.8. The van der Waals surface area contributed by atoms with Crippen LogP contribution in [0, 0.1) is 53.0 Å². The maximum atomic E-state index is 14.0. The molecule has 1 aromatic carbocycles. The lowest BCUT2D eigenvalue weighted by Gasteiger charge is -2.10. The van der Waals surface area contributed by atoms with Gasteiger partial charge in [-0.3, -0.25) is 24.3 Å². The lowest BCUT2D eigenvalue weighted by atomic mass is 10.1. The highest BCUT2D eigenvalue weighted by Gasteiger charge is 2.27. The molecule has 3 rings (SSSR count). The second-order valence-corrected chi connectivity index (χ2v) is 6.77. The molecule has 0 spiro atoms. The summed E-state index contributed by atoms with van der Waals surface area (Å²) >= 11 is 0. The molecule has 170 valence electrons. The zero-order chi connectivity index (χ0) is 23.7. The maximum absolute atomic E-state index is 14.0. The van der Waals surface area contributed by atoms with Crippen LogP contribution < -0.4 is 5.32 Å². The third kappa shape index (κ3) is 4.29. The molecule has 0 radical (unpaired) electrons. The van der Waals surface area contributed by atoms with E-state index in [1.165, 1.54) is 18.5 Å². The van der Waals surface area contributed by atoms with Gasteiger partial charge in [0, 0.05) is 13.0 Å². The minimum Gasteiger partial charge on any atom is -0.323 e. The van der Waals surface area contributed by atoms with Gasteiger partial charge in [0.2, 0.25) is 11.7 Å². The van der Waals surface area contributed by atoms with Gasteiger partial charge in [0.05, 0.1) is 34.1 Å².